The van der Waals surface area contributed by atoms with Crippen molar-refractivity contribution in [2.24, 2.45) is 0 Å². The van der Waals surface area contributed by atoms with E-state index in [4.69, 9.17) is 0 Å². The van der Waals surface area contributed by atoms with E-state index in [-0.39, 0.29) is 5.91 Å². The summed E-state index contributed by atoms with van der Waals surface area (Å²) < 4.78 is 0. The molecule has 0 aromatic rings. The summed E-state index contributed by atoms with van der Waals surface area (Å²) in [7, 11) is 0. The quantitative estimate of drug-likeness (QED) is 0.587. The van der Waals surface area contributed by atoms with E-state index in [0.717, 1.165) is 31.5 Å². The topological polar surface area (TPSA) is 20.3 Å². The van der Waals surface area contributed by atoms with Crippen molar-refractivity contribution in [1.82, 2.24) is 4.90 Å². The van der Waals surface area contributed by atoms with E-state index in [1.165, 1.54) is 0 Å². The first-order valence-electron chi connectivity index (χ1n) is 6.41. The third-order valence-electron chi connectivity index (χ3n) is 2.41. The summed E-state index contributed by atoms with van der Waals surface area (Å²) in [6.07, 6.45) is 10.0. The Balaban J connectivity index is 4.54. The van der Waals surface area contributed by atoms with Crippen molar-refractivity contribution in [3.8, 4) is 0 Å². The van der Waals surface area contributed by atoms with Crippen LogP contribution in [-0.2, 0) is 4.79 Å². The van der Waals surface area contributed by atoms with Crippen molar-refractivity contribution < 1.29 is 4.79 Å². The van der Waals surface area contributed by atoms with Crippen molar-refractivity contribution in [3.63, 3.8) is 0 Å². The van der Waals surface area contributed by atoms with Gasteiger partial charge < -0.3 is 4.90 Å². The molecule has 0 aromatic carbocycles. The number of allylic oxidation sites excluding steroid dienone is 4. The third-order valence-corrected chi connectivity index (χ3v) is 2.41. The number of hydrogen-bond acceptors (Lipinski definition) is 1. The molecule has 1 amide bonds. The summed E-state index contributed by atoms with van der Waals surface area (Å²) in [6.45, 7) is 11.5. The van der Waals surface area contributed by atoms with E-state index in [1.807, 2.05) is 30.1 Å². The minimum atomic E-state index is 0.208. The van der Waals surface area contributed by atoms with Gasteiger partial charge >= 0.3 is 0 Å². The highest BCUT2D eigenvalue weighted by Crippen LogP contribution is 2.08. The number of carbonyl (C=O) groups is 1. The number of carbonyl (C=O) groups excluding carboxylic acids is 1. The van der Waals surface area contributed by atoms with Gasteiger partial charge in [-0.2, -0.15) is 0 Å². The van der Waals surface area contributed by atoms with Gasteiger partial charge in [-0.25, -0.2) is 0 Å². The van der Waals surface area contributed by atoms with Crippen molar-refractivity contribution in [3.05, 3.63) is 36.5 Å². The van der Waals surface area contributed by atoms with E-state index >= 15 is 0 Å². The predicted molar refractivity (Wildman–Crippen MR) is 74.9 cm³/mol. The van der Waals surface area contributed by atoms with E-state index in [1.54, 1.807) is 6.08 Å². The lowest BCUT2D eigenvalue weighted by atomic mass is 10.1. The highest BCUT2D eigenvalue weighted by molar-refractivity contribution is 5.79. The average molecular weight is 235 g/mol. The second kappa shape index (κ2) is 9.88. The van der Waals surface area contributed by atoms with Gasteiger partial charge in [-0.05, 0) is 25.3 Å². The van der Waals surface area contributed by atoms with Crippen LogP contribution in [0.15, 0.2) is 36.5 Å². The molecule has 0 heterocycles. The van der Waals surface area contributed by atoms with E-state index in [9.17, 15) is 4.79 Å². The number of nitrogens with zero attached hydrogens (tertiary/aromatic N) is 1. The molecule has 0 bridgehead atoms. The van der Waals surface area contributed by atoms with Gasteiger partial charge in [0.25, 0.3) is 0 Å². The highest BCUT2D eigenvalue weighted by atomic mass is 16.2. The fraction of sp³-hybridized carbons (Fsp3) is 0.533. The lowest BCUT2D eigenvalue weighted by molar-refractivity contribution is -0.130. The summed E-state index contributed by atoms with van der Waals surface area (Å²) in [5.74, 6) is 0.208. The van der Waals surface area contributed by atoms with Gasteiger partial charge in [-0.3, -0.25) is 4.79 Å². The third kappa shape index (κ3) is 6.77. The minimum absolute atomic E-state index is 0.208. The van der Waals surface area contributed by atoms with Gasteiger partial charge in [0, 0.05) is 13.1 Å². The highest BCUT2D eigenvalue weighted by Gasteiger charge is 2.12. The first-order chi connectivity index (χ1) is 8.19. The van der Waals surface area contributed by atoms with Gasteiger partial charge in [0.15, 0.2) is 0 Å². The molecule has 0 saturated carbocycles. The minimum Gasteiger partial charge on any atom is -0.342 e. The van der Waals surface area contributed by atoms with Crippen LogP contribution < -0.4 is 0 Å². The van der Waals surface area contributed by atoms with Crippen LogP contribution in [0.2, 0.25) is 0 Å². The summed E-state index contributed by atoms with van der Waals surface area (Å²) in [4.78, 5) is 14.0. The average Bonchev–Trinajstić information content (AvgIpc) is 2.29. The second-order valence-electron chi connectivity index (χ2n) is 4.03. The molecule has 0 atom stereocenters. The Bertz CT molecular complexity index is 283. The predicted octanol–water partition coefficient (Wildman–Crippen LogP) is 3.71. The smallest absolute Gasteiger partial charge is 0.226 e. The van der Waals surface area contributed by atoms with Gasteiger partial charge in [-0.1, -0.05) is 44.7 Å². The standard InChI is InChI=1S/C15H25NO/c1-5-9-14(10-6-2)13-15(17)16(11-7-3)12-8-4/h5-6,9-10H,1,7-8,11-13H2,2-4H3/b10-6-,14-9+. The maximum Gasteiger partial charge on any atom is 0.226 e. The molecule has 0 rings (SSSR count). The molecule has 0 aliphatic carbocycles. The molecule has 0 aliphatic rings. The Morgan fingerprint density at radius 1 is 1.24 bits per heavy atom. The maximum atomic E-state index is 12.1. The molecule has 96 valence electrons. The Hall–Kier alpha value is -1.31. The number of amides is 1. The second-order valence-corrected chi connectivity index (χ2v) is 4.03. The summed E-state index contributed by atoms with van der Waals surface area (Å²) >= 11 is 0. The zero-order valence-electron chi connectivity index (χ0n) is 11.4. The molecular weight excluding hydrogens is 210 g/mol. The van der Waals surface area contributed by atoms with E-state index in [0.29, 0.717) is 6.42 Å². The zero-order chi connectivity index (χ0) is 13.1. The first kappa shape index (κ1) is 15.7. The fourth-order valence-electron chi connectivity index (χ4n) is 1.73. The van der Waals surface area contributed by atoms with Gasteiger partial charge in [-0.15, -0.1) is 0 Å². The summed E-state index contributed by atoms with van der Waals surface area (Å²) in [5.41, 5.74) is 1.02. The van der Waals surface area contributed by atoms with Crippen LogP contribution in [0.4, 0.5) is 0 Å². The molecule has 0 saturated heterocycles. The van der Waals surface area contributed by atoms with Gasteiger partial charge in [0.2, 0.25) is 5.91 Å². The molecule has 0 radical (unpaired) electrons. The Morgan fingerprint density at radius 2 is 1.82 bits per heavy atom. The first-order valence-corrected chi connectivity index (χ1v) is 6.41. The molecule has 2 heteroatoms. The molecular formula is C15H25NO. The maximum absolute atomic E-state index is 12.1. The molecule has 0 N–H and O–H groups in total. The van der Waals surface area contributed by atoms with Crippen LogP contribution in [0, 0.1) is 0 Å². The number of hydrogen-bond donors (Lipinski definition) is 0. The zero-order valence-corrected chi connectivity index (χ0v) is 11.4. The summed E-state index contributed by atoms with van der Waals surface area (Å²) in [6, 6.07) is 0. The van der Waals surface area contributed by atoms with Crippen LogP contribution in [0.3, 0.4) is 0 Å². The summed E-state index contributed by atoms with van der Waals surface area (Å²) in [5, 5.41) is 0. The number of rotatable bonds is 8. The fourth-order valence-corrected chi connectivity index (χ4v) is 1.73. The van der Waals surface area contributed by atoms with Crippen LogP contribution in [0.1, 0.15) is 40.0 Å². The van der Waals surface area contributed by atoms with Gasteiger partial charge in [0.1, 0.15) is 0 Å². The van der Waals surface area contributed by atoms with Crippen molar-refractivity contribution >= 4 is 5.91 Å². The molecule has 0 spiro atoms. The van der Waals surface area contributed by atoms with E-state index < -0.39 is 0 Å². The normalized spacial score (nSPS) is 11.8. The SMILES string of the molecule is C=C/C=C(\C=C/C)CC(=O)N(CCC)CCC. The Kier molecular flexibility index (Phi) is 9.12. The van der Waals surface area contributed by atoms with Gasteiger partial charge in [0.05, 0.1) is 6.42 Å². The molecule has 17 heavy (non-hydrogen) atoms. The van der Waals surface area contributed by atoms with Crippen molar-refractivity contribution in [2.75, 3.05) is 13.1 Å². The molecule has 0 unspecified atom stereocenters. The van der Waals surface area contributed by atoms with Crippen molar-refractivity contribution in [1.29, 1.82) is 0 Å². The molecule has 0 fully saturated rings. The largest absolute Gasteiger partial charge is 0.342 e. The van der Waals surface area contributed by atoms with Crippen LogP contribution in [0.5, 0.6) is 0 Å². The molecule has 2 nitrogen and oxygen atoms in total. The monoisotopic (exact) mass is 235 g/mol. The lowest BCUT2D eigenvalue weighted by Gasteiger charge is -2.21. The Morgan fingerprint density at radius 3 is 2.24 bits per heavy atom. The lowest BCUT2D eigenvalue weighted by Crippen LogP contribution is -2.32. The molecule has 0 aromatic heterocycles. The van der Waals surface area contributed by atoms with Crippen LogP contribution in [-0.4, -0.2) is 23.9 Å². The molecule has 0 aliphatic heterocycles. The van der Waals surface area contributed by atoms with Crippen LogP contribution >= 0.6 is 0 Å². The van der Waals surface area contributed by atoms with E-state index in [2.05, 4.69) is 20.4 Å². The van der Waals surface area contributed by atoms with Crippen LogP contribution in [0.25, 0.3) is 0 Å². The van der Waals surface area contributed by atoms with Crippen molar-refractivity contribution in [2.45, 2.75) is 40.0 Å². The Labute approximate surface area is 106 Å².